The summed E-state index contributed by atoms with van der Waals surface area (Å²) in [5.41, 5.74) is 4.49. The lowest BCUT2D eigenvalue weighted by Gasteiger charge is -2.09. The van der Waals surface area contributed by atoms with E-state index < -0.39 is 0 Å². The Morgan fingerprint density at radius 3 is 2.76 bits per heavy atom. The van der Waals surface area contributed by atoms with Gasteiger partial charge in [-0.2, -0.15) is 0 Å². The van der Waals surface area contributed by atoms with Crippen molar-refractivity contribution in [1.29, 1.82) is 0 Å². The Kier molecular flexibility index (Phi) is 4.06. The maximum absolute atomic E-state index is 12.0. The quantitative estimate of drug-likeness (QED) is 0.375. The Bertz CT molecular complexity index is 1150. The number of nitrogens with zero attached hydrogens (tertiary/aromatic N) is 1. The Hall–Kier alpha value is -2.59. The molecule has 2 aromatic heterocycles. The van der Waals surface area contributed by atoms with Crippen molar-refractivity contribution in [3.8, 4) is 0 Å². The Morgan fingerprint density at radius 1 is 1.04 bits per heavy atom. The first-order chi connectivity index (χ1) is 12.1. The lowest BCUT2D eigenvalue weighted by Crippen LogP contribution is -2.01. The van der Waals surface area contributed by atoms with Gasteiger partial charge in [0.15, 0.2) is 0 Å². The van der Waals surface area contributed by atoms with Gasteiger partial charge in [-0.15, -0.1) is 11.8 Å². The maximum Gasteiger partial charge on any atom is 0.336 e. The second kappa shape index (κ2) is 6.37. The number of benzene rings is 2. The third-order valence-electron chi connectivity index (χ3n) is 4.47. The Morgan fingerprint density at radius 2 is 1.88 bits per heavy atom. The fraction of sp³-hybridized carbons (Fsp3) is 0.143. The number of hydrogen-bond acceptors (Lipinski definition) is 4. The van der Waals surface area contributed by atoms with Gasteiger partial charge in [0.2, 0.25) is 0 Å². The lowest BCUT2D eigenvalue weighted by atomic mass is 10.0. The minimum atomic E-state index is -0.303. The molecule has 4 rings (SSSR count). The van der Waals surface area contributed by atoms with Crippen molar-refractivity contribution >= 4 is 33.6 Å². The van der Waals surface area contributed by atoms with E-state index >= 15 is 0 Å². The number of pyridine rings is 1. The average Bonchev–Trinajstić information content (AvgIpc) is 2.63. The molecule has 2 aromatic carbocycles. The number of aryl methyl sites for hydroxylation is 2. The summed E-state index contributed by atoms with van der Waals surface area (Å²) in [5.74, 6) is 0.677. The minimum absolute atomic E-state index is 0.303. The number of hydrogen-bond donors (Lipinski definition) is 0. The first-order valence-corrected chi connectivity index (χ1v) is 9.12. The number of rotatable bonds is 3. The molecule has 0 fully saturated rings. The standard InChI is InChI=1S/C21H17NO2S/c1-13-7-9-17-16(11-20(23)24-21(17)14(13)2)12-25-19-10-8-15-5-3-4-6-18(15)22-19/h3-11H,12H2,1-2H3. The van der Waals surface area contributed by atoms with E-state index in [9.17, 15) is 4.79 Å². The van der Waals surface area contributed by atoms with E-state index in [1.165, 1.54) is 0 Å². The van der Waals surface area contributed by atoms with Crippen molar-refractivity contribution in [3.63, 3.8) is 0 Å². The molecule has 0 atom stereocenters. The van der Waals surface area contributed by atoms with E-state index in [0.717, 1.165) is 38.0 Å². The topological polar surface area (TPSA) is 43.1 Å². The van der Waals surface area contributed by atoms with Crippen LogP contribution in [0.15, 0.2) is 68.8 Å². The maximum atomic E-state index is 12.0. The summed E-state index contributed by atoms with van der Waals surface area (Å²) in [7, 11) is 0. The molecule has 0 aliphatic carbocycles. The highest BCUT2D eigenvalue weighted by molar-refractivity contribution is 7.98. The molecule has 0 unspecified atom stereocenters. The van der Waals surface area contributed by atoms with E-state index in [0.29, 0.717) is 11.3 Å². The van der Waals surface area contributed by atoms with Crippen LogP contribution in [0.3, 0.4) is 0 Å². The number of thioether (sulfide) groups is 1. The van der Waals surface area contributed by atoms with Crippen LogP contribution in [0.5, 0.6) is 0 Å². The normalized spacial score (nSPS) is 11.3. The monoisotopic (exact) mass is 347 g/mol. The van der Waals surface area contributed by atoms with E-state index in [4.69, 9.17) is 4.42 Å². The summed E-state index contributed by atoms with van der Waals surface area (Å²) in [5, 5.41) is 3.07. The van der Waals surface area contributed by atoms with Crippen LogP contribution in [0.2, 0.25) is 0 Å². The average molecular weight is 347 g/mol. The molecule has 124 valence electrons. The summed E-state index contributed by atoms with van der Waals surface area (Å²) >= 11 is 1.63. The van der Waals surface area contributed by atoms with Gasteiger partial charge in [-0.1, -0.05) is 36.4 Å². The van der Waals surface area contributed by atoms with Crippen LogP contribution in [0.4, 0.5) is 0 Å². The molecule has 0 radical (unpaired) electrons. The zero-order valence-electron chi connectivity index (χ0n) is 14.1. The van der Waals surface area contributed by atoms with Crippen LogP contribution >= 0.6 is 11.8 Å². The highest BCUT2D eigenvalue weighted by Crippen LogP contribution is 2.28. The smallest absolute Gasteiger partial charge is 0.336 e. The number of aromatic nitrogens is 1. The van der Waals surface area contributed by atoms with Gasteiger partial charge in [0.25, 0.3) is 0 Å². The van der Waals surface area contributed by atoms with Crippen LogP contribution in [-0.2, 0) is 5.75 Å². The van der Waals surface area contributed by atoms with E-state index in [-0.39, 0.29) is 5.63 Å². The van der Waals surface area contributed by atoms with Crippen molar-refractivity contribution in [3.05, 3.63) is 81.7 Å². The first kappa shape index (κ1) is 15.9. The van der Waals surface area contributed by atoms with Crippen molar-refractivity contribution in [2.45, 2.75) is 24.6 Å². The van der Waals surface area contributed by atoms with Crippen LogP contribution in [0.25, 0.3) is 21.9 Å². The zero-order valence-corrected chi connectivity index (χ0v) is 14.9. The van der Waals surface area contributed by atoms with E-state index in [2.05, 4.69) is 23.2 Å². The summed E-state index contributed by atoms with van der Waals surface area (Å²) in [4.78, 5) is 16.6. The SMILES string of the molecule is Cc1ccc2c(CSc3ccc4ccccc4n3)cc(=O)oc2c1C. The highest BCUT2D eigenvalue weighted by Gasteiger charge is 2.10. The van der Waals surface area contributed by atoms with Crippen LogP contribution in [0.1, 0.15) is 16.7 Å². The van der Waals surface area contributed by atoms with Crippen molar-refractivity contribution in [1.82, 2.24) is 4.98 Å². The second-order valence-electron chi connectivity index (χ2n) is 6.11. The minimum Gasteiger partial charge on any atom is -0.422 e. The molecule has 2 heterocycles. The molecule has 3 nitrogen and oxygen atoms in total. The van der Waals surface area contributed by atoms with Crippen LogP contribution in [0, 0.1) is 13.8 Å². The summed E-state index contributed by atoms with van der Waals surface area (Å²) in [6, 6.07) is 17.9. The van der Waals surface area contributed by atoms with Gasteiger partial charge in [-0.3, -0.25) is 0 Å². The fourth-order valence-corrected chi connectivity index (χ4v) is 3.79. The van der Waals surface area contributed by atoms with Gasteiger partial charge in [0, 0.05) is 22.6 Å². The van der Waals surface area contributed by atoms with Crippen LogP contribution in [-0.4, -0.2) is 4.98 Å². The van der Waals surface area contributed by atoms with Gasteiger partial charge in [0.1, 0.15) is 5.58 Å². The summed E-state index contributed by atoms with van der Waals surface area (Å²) in [6.45, 7) is 4.01. The molecule has 0 bridgehead atoms. The van der Waals surface area contributed by atoms with E-state index in [1.54, 1.807) is 17.8 Å². The molecular weight excluding hydrogens is 330 g/mol. The van der Waals surface area contributed by atoms with Gasteiger partial charge < -0.3 is 4.42 Å². The molecule has 0 amide bonds. The Labute approximate surface area is 149 Å². The molecule has 0 N–H and O–H groups in total. The molecule has 0 spiro atoms. The predicted octanol–water partition coefficient (Wildman–Crippen LogP) is 5.25. The molecule has 4 aromatic rings. The van der Waals surface area contributed by atoms with Gasteiger partial charge >= 0.3 is 5.63 Å². The molecular formula is C21H17NO2S. The molecule has 4 heteroatoms. The third kappa shape index (κ3) is 3.05. The van der Waals surface area contributed by atoms with Crippen molar-refractivity contribution in [2.75, 3.05) is 0 Å². The van der Waals surface area contributed by atoms with Gasteiger partial charge in [-0.05, 0) is 42.7 Å². The molecule has 0 aliphatic rings. The Balaban J connectivity index is 1.70. The predicted molar refractivity (Wildman–Crippen MR) is 103 cm³/mol. The van der Waals surface area contributed by atoms with Crippen molar-refractivity contribution in [2.24, 2.45) is 0 Å². The molecule has 0 aliphatic heterocycles. The highest BCUT2D eigenvalue weighted by atomic mass is 32.2. The largest absolute Gasteiger partial charge is 0.422 e. The second-order valence-corrected chi connectivity index (χ2v) is 7.10. The number of fused-ring (bicyclic) bond motifs is 2. The molecule has 25 heavy (non-hydrogen) atoms. The third-order valence-corrected chi connectivity index (χ3v) is 5.44. The summed E-state index contributed by atoms with van der Waals surface area (Å²) in [6.07, 6.45) is 0. The van der Waals surface area contributed by atoms with Crippen molar-refractivity contribution < 1.29 is 4.42 Å². The molecule has 0 saturated carbocycles. The van der Waals surface area contributed by atoms with Gasteiger partial charge in [-0.25, -0.2) is 9.78 Å². The van der Waals surface area contributed by atoms with E-state index in [1.807, 2.05) is 44.2 Å². The van der Waals surface area contributed by atoms with Crippen LogP contribution < -0.4 is 5.63 Å². The molecule has 0 saturated heterocycles. The summed E-state index contributed by atoms with van der Waals surface area (Å²) < 4.78 is 5.44. The lowest BCUT2D eigenvalue weighted by molar-refractivity contribution is 0.557. The zero-order chi connectivity index (χ0) is 17.4. The van der Waals surface area contributed by atoms with Gasteiger partial charge in [0.05, 0.1) is 10.5 Å². The fourth-order valence-electron chi connectivity index (χ4n) is 2.92. The first-order valence-electron chi connectivity index (χ1n) is 8.13. The number of para-hydroxylation sites is 1.